The van der Waals surface area contributed by atoms with Crippen LogP contribution >= 0.6 is 0 Å². The highest BCUT2D eigenvalue weighted by molar-refractivity contribution is 6.61. The Bertz CT molecular complexity index is 529. The molecule has 0 bridgehead atoms. The number of hydrogen-bond donors (Lipinski definition) is 2. The molecule has 1 aromatic heterocycles. The molecule has 0 saturated carbocycles. The quantitative estimate of drug-likeness (QED) is 0.765. The number of carbonyl (C=O) groups excluding carboxylic acids is 1. The molecule has 1 saturated heterocycles. The summed E-state index contributed by atoms with van der Waals surface area (Å²) in [5.41, 5.74) is 5.20. The van der Waals surface area contributed by atoms with Crippen molar-refractivity contribution in [3.63, 3.8) is 0 Å². The molecule has 1 fully saturated rings. The first-order chi connectivity index (χ1) is 9.12. The Morgan fingerprint density at radius 3 is 2.40 bits per heavy atom. The van der Waals surface area contributed by atoms with E-state index in [1.165, 1.54) is 12.3 Å². The third-order valence-corrected chi connectivity index (χ3v) is 3.83. The molecule has 1 amide bonds. The summed E-state index contributed by atoms with van der Waals surface area (Å²) in [7, 11) is -0.685. The molecule has 0 aromatic carbocycles. The van der Waals surface area contributed by atoms with Crippen molar-refractivity contribution in [3.05, 3.63) is 17.8 Å². The fourth-order valence-corrected chi connectivity index (χ4v) is 2.00. The fourth-order valence-electron chi connectivity index (χ4n) is 2.00. The van der Waals surface area contributed by atoms with Gasteiger partial charge in [-0.2, -0.15) is 0 Å². The molecule has 2 heterocycles. The Kier molecular flexibility index (Phi) is 3.52. The number of nitrogens with two attached hydrogens (primary N) is 1. The van der Waals surface area contributed by atoms with Crippen LogP contribution in [0.2, 0.25) is 0 Å². The maximum absolute atomic E-state index is 11.1. The molecule has 1 aliphatic rings. The van der Waals surface area contributed by atoms with Gasteiger partial charge in [0.25, 0.3) is 0 Å². The molecule has 20 heavy (non-hydrogen) atoms. The maximum atomic E-state index is 11.1. The van der Waals surface area contributed by atoms with Crippen molar-refractivity contribution >= 4 is 18.6 Å². The summed E-state index contributed by atoms with van der Waals surface area (Å²) < 4.78 is 11.8. The summed E-state index contributed by atoms with van der Waals surface area (Å²) in [5, 5.41) is 9.50. The average molecular weight is 278 g/mol. The number of nitrogens with zero attached hydrogens (tertiary/aromatic N) is 1. The van der Waals surface area contributed by atoms with Crippen LogP contribution in [-0.4, -0.2) is 34.3 Å². The molecule has 0 unspecified atom stereocenters. The van der Waals surface area contributed by atoms with E-state index < -0.39 is 24.2 Å². The molecule has 2 rings (SSSR count). The van der Waals surface area contributed by atoms with Crippen LogP contribution in [0, 0.1) is 0 Å². The number of rotatable bonds is 3. The predicted octanol–water partition coefficient (Wildman–Crippen LogP) is 0.114. The van der Waals surface area contributed by atoms with Gasteiger partial charge in [0.2, 0.25) is 5.91 Å². The second kappa shape index (κ2) is 4.75. The first-order valence-electron chi connectivity index (χ1n) is 6.44. The Balaban J connectivity index is 2.37. The molecule has 0 radical (unpaired) electrons. The summed E-state index contributed by atoms with van der Waals surface area (Å²) >= 11 is 0. The smallest absolute Gasteiger partial charge is 0.506 e. The van der Waals surface area contributed by atoms with Gasteiger partial charge in [0.05, 0.1) is 29.4 Å². The average Bonchev–Trinajstić information content (AvgIpc) is 2.46. The standard InChI is InChI=1S/C13H19BN2O4/c1-12(2)13(3,4)20-14(19-12)11-8(6-10(15)18)5-9(17)7-16-11/h5,7,17H,6H2,1-4H3,(H2,15,18). The van der Waals surface area contributed by atoms with E-state index in [1.807, 2.05) is 27.7 Å². The highest BCUT2D eigenvalue weighted by Crippen LogP contribution is 2.36. The van der Waals surface area contributed by atoms with Crippen LogP contribution < -0.4 is 11.3 Å². The molecule has 1 aromatic rings. The topological polar surface area (TPSA) is 94.7 Å². The van der Waals surface area contributed by atoms with Gasteiger partial charge in [-0.15, -0.1) is 0 Å². The molecule has 0 spiro atoms. The SMILES string of the molecule is CC1(C)OB(c2ncc(O)cc2CC(N)=O)OC1(C)C. The lowest BCUT2D eigenvalue weighted by Gasteiger charge is -2.32. The highest BCUT2D eigenvalue weighted by atomic mass is 16.7. The number of primary amides is 1. The zero-order valence-corrected chi connectivity index (χ0v) is 12.1. The predicted molar refractivity (Wildman–Crippen MR) is 74.5 cm³/mol. The summed E-state index contributed by atoms with van der Waals surface area (Å²) in [6.07, 6.45) is 1.27. The number of amides is 1. The van der Waals surface area contributed by atoms with Gasteiger partial charge in [-0.25, -0.2) is 0 Å². The summed E-state index contributed by atoms with van der Waals surface area (Å²) in [4.78, 5) is 15.3. The molecule has 6 nitrogen and oxygen atoms in total. The van der Waals surface area contributed by atoms with E-state index in [9.17, 15) is 9.90 Å². The van der Waals surface area contributed by atoms with Gasteiger partial charge in [0.15, 0.2) is 0 Å². The number of hydrogen-bond acceptors (Lipinski definition) is 5. The Hall–Kier alpha value is -1.60. The van der Waals surface area contributed by atoms with Gasteiger partial charge in [-0.05, 0) is 39.3 Å². The van der Waals surface area contributed by atoms with Gasteiger partial charge in [-0.1, -0.05) is 0 Å². The first-order valence-corrected chi connectivity index (χ1v) is 6.44. The molecule has 3 N–H and O–H groups in total. The lowest BCUT2D eigenvalue weighted by molar-refractivity contribution is -0.117. The van der Waals surface area contributed by atoms with Crippen LogP contribution in [0.4, 0.5) is 0 Å². The molecule has 108 valence electrons. The third-order valence-electron chi connectivity index (χ3n) is 3.83. The zero-order valence-electron chi connectivity index (χ0n) is 12.1. The minimum Gasteiger partial charge on any atom is -0.506 e. The summed E-state index contributed by atoms with van der Waals surface area (Å²) in [6, 6.07) is 1.46. The van der Waals surface area contributed by atoms with E-state index in [-0.39, 0.29) is 12.2 Å². The molecular formula is C13H19BN2O4. The van der Waals surface area contributed by atoms with Crippen LogP contribution in [0.1, 0.15) is 33.3 Å². The van der Waals surface area contributed by atoms with Crippen LogP contribution in [0.5, 0.6) is 5.75 Å². The zero-order chi connectivity index (χ0) is 15.1. The fraction of sp³-hybridized carbons (Fsp3) is 0.538. The van der Waals surface area contributed by atoms with E-state index in [2.05, 4.69) is 4.98 Å². The Labute approximate surface area is 118 Å². The minimum atomic E-state index is -0.685. The molecule has 7 heteroatoms. The molecule has 0 atom stereocenters. The number of pyridine rings is 1. The Morgan fingerprint density at radius 1 is 1.35 bits per heavy atom. The van der Waals surface area contributed by atoms with Crippen molar-refractivity contribution in [2.75, 3.05) is 0 Å². The van der Waals surface area contributed by atoms with Crippen LogP contribution in [0.3, 0.4) is 0 Å². The van der Waals surface area contributed by atoms with E-state index >= 15 is 0 Å². The van der Waals surface area contributed by atoms with Crippen molar-refractivity contribution in [3.8, 4) is 5.75 Å². The number of aromatic hydroxyl groups is 1. The van der Waals surface area contributed by atoms with Crippen molar-refractivity contribution in [1.82, 2.24) is 4.98 Å². The van der Waals surface area contributed by atoms with Gasteiger partial charge in [-0.3, -0.25) is 9.78 Å². The number of aromatic nitrogens is 1. The number of carbonyl (C=O) groups is 1. The van der Waals surface area contributed by atoms with Crippen molar-refractivity contribution in [1.29, 1.82) is 0 Å². The summed E-state index contributed by atoms with van der Waals surface area (Å²) in [5.74, 6) is -0.531. The largest absolute Gasteiger partial charge is 0.514 e. The first kappa shape index (κ1) is 14.8. The molecule has 1 aliphatic heterocycles. The second-order valence-corrected chi connectivity index (χ2v) is 5.97. The van der Waals surface area contributed by atoms with Crippen molar-refractivity contribution < 1.29 is 19.2 Å². The normalized spacial score (nSPS) is 20.1. The minimum absolute atomic E-state index is 0.0264. The van der Waals surface area contributed by atoms with Crippen LogP contribution in [0.25, 0.3) is 0 Å². The van der Waals surface area contributed by atoms with Gasteiger partial charge in [0, 0.05) is 0 Å². The van der Waals surface area contributed by atoms with Crippen LogP contribution in [0.15, 0.2) is 12.3 Å². The van der Waals surface area contributed by atoms with E-state index in [1.54, 1.807) is 0 Å². The second-order valence-electron chi connectivity index (χ2n) is 5.97. The summed E-state index contributed by atoms with van der Waals surface area (Å²) in [6.45, 7) is 7.73. The van der Waals surface area contributed by atoms with Gasteiger partial charge >= 0.3 is 7.12 Å². The van der Waals surface area contributed by atoms with Gasteiger partial charge < -0.3 is 20.1 Å². The molecule has 0 aliphatic carbocycles. The maximum Gasteiger partial charge on any atom is 0.514 e. The van der Waals surface area contributed by atoms with E-state index in [4.69, 9.17) is 15.0 Å². The van der Waals surface area contributed by atoms with Gasteiger partial charge in [0.1, 0.15) is 5.75 Å². The van der Waals surface area contributed by atoms with Crippen molar-refractivity contribution in [2.24, 2.45) is 5.73 Å². The van der Waals surface area contributed by atoms with Crippen LogP contribution in [-0.2, 0) is 20.5 Å². The Morgan fingerprint density at radius 2 is 1.90 bits per heavy atom. The molecular weight excluding hydrogens is 259 g/mol. The van der Waals surface area contributed by atoms with E-state index in [0.717, 1.165) is 0 Å². The lowest BCUT2D eigenvalue weighted by Crippen LogP contribution is -2.41. The lowest BCUT2D eigenvalue weighted by atomic mass is 9.80. The monoisotopic (exact) mass is 278 g/mol. The van der Waals surface area contributed by atoms with Crippen molar-refractivity contribution in [2.45, 2.75) is 45.3 Å². The third kappa shape index (κ3) is 2.64. The van der Waals surface area contributed by atoms with E-state index in [0.29, 0.717) is 11.2 Å². The highest BCUT2D eigenvalue weighted by Gasteiger charge is 2.52.